The lowest BCUT2D eigenvalue weighted by Gasteiger charge is -2.23. The highest BCUT2D eigenvalue weighted by molar-refractivity contribution is 7.86. The van der Waals surface area contributed by atoms with Gasteiger partial charge in [0.25, 0.3) is 0 Å². The molecule has 0 saturated carbocycles. The van der Waals surface area contributed by atoms with Gasteiger partial charge >= 0.3 is 0 Å². The lowest BCUT2D eigenvalue weighted by Crippen LogP contribution is -2.39. The summed E-state index contributed by atoms with van der Waals surface area (Å²) in [4.78, 5) is 24.9. The van der Waals surface area contributed by atoms with E-state index in [1.807, 2.05) is 25.1 Å². The molecule has 0 unspecified atom stereocenters. The van der Waals surface area contributed by atoms with E-state index < -0.39 is 16.0 Å². The molecule has 2 amide bonds. The van der Waals surface area contributed by atoms with Crippen LogP contribution < -0.4 is 10.6 Å². The van der Waals surface area contributed by atoms with Crippen molar-refractivity contribution in [3.8, 4) is 0 Å². The topological polar surface area (TPSA) is 75.3 Å². The summed E-state index contributed by atoms with van der Waals surface area (Å²) in [6.07, 6.45) is -0.124. The van der Waals surface area contributed by atoms with Crippen molar-refractivity contribution in [1.82, 2.24) is 0 Å². The van der Waals surface area contributed by atoms with Crippen molar-refractivity contribution in [3.05, 3.63) is 54.1 Å². The van der Waals surface area contributed by atoms with Crippen molar-refractivity contribution in [2.24, 2.45) is 0 Å². The Morgan fingerprint density at radius 3 is 2.65 bits per heavy atom. The van der Waals surface area contributed by atoms with E-state index >= 15 is 0 Å². The van der Waals surface area contributed by atoms with Crippen molar-refractivity contribution in [2.75, 3.05) is 10.6 Å². The van der Waals surface area contributed by atoms with E-state index in [4.69, 9.17) is 0 Å². The Morgan fingerprint density at radius 1 is 1.17 bits per heavy atom. The third-order valence-corrected chi connectivity index (χ3v) is 5.39. The van der Waals surface area contributed by atoms with E-state index in [1.165, 1.54) is 0 Å². The molecule has 118 valence electrons. The number of anilines is 2. The molecule has 0 saturated heterocycles. The van der Waals surface area contributed by atoms with Gasteiger partial charge in [0.15, 0.2) is 0 Å². The molecule has 1 heterocycles. The Morgan fingerprint density at radius 2 is 1.87 bits per heavy atom. The normalized spacial score (nSPS) is 19.6. The zero-order valence-electron chi connectivity index (χ0n) is 12.5. The predicted molar refractivity (Wildman–Crippen MR) is 89.7 cm³/mol. The minimum absolute atomic E-state index is 0.124. The number of benzene rings is 2. The summed E-state index contributed by atoms with van der Waals surface area (Å²) in [6, 6.07) is 14.3. The zero-order chi connectivity index (χ0) is 16.4. The first-order chi connectivity index (χ1) is 11.1. The fourth-order valence-corrected chi connectivity index (χ4v) is 3.87. The molecule has 2 atom stereocenters. The molecular formula is C17H16N2O3S. The highest BCUT2D eigenvalue weighted by Crippen LogP contribution is 2.28. The Labute approximate surface area is 136 Å². The van der Waals surface area contributed by atoms with Crippen LogP contribution in [0.25, 0.3) is 0 Å². The minimum Gasteiger partial charge on any atom is -0.326 e. The number of aryl methyl sites for hydroxylation is 1. The maximum Gasteiger partial charge on any atom is 0.241 e. The second-order valence-corrected chi connectivity index (χ2v) is 6.94. The molecule has 1 aliphatic heterocycles. The Kier molecular flexibility index (Phi) is 4.25. The van der Waals surface area contributed by atoms with Crippen molar-refractivity contribution in [1.29, 1.82) is 0 Å². The number of para-hydroxylation sites is 2. The molecule has 0 fully saturated rings. The van der Waals surface area contributed by atoms with Crippen molar-refractivity contribution < 1.29 is 13.8 Å². The van der Waals surface area contributed by atoms with E-state index in [0.29, 0.717) is 16.3 Å². The van der Waals surface area contributed by atoms with Crippen LogP contribution in [0.3, 0.4) is 0 Å². The first-order valence-corrected chi connectivity index (χ1v) is 8.43. The van der Waals surface area contributed by atoms with Gasteiger partial charge in [-0.25, -0.2) is 0 Å². The molecule has 23 heavy (non-hydrogen) atoms. The van der Waals surface area contributed by atoms with E-state index in [1.54, 1.807) is 30.3 Å². The molecule has 3 rings (SSSR count). The van der Waals surface area contributed by atoms with Crippen LogP contribution in [0.4, 0.5) is 11.4 Å². The van der Waals surface area contributed by atoms with Gasteiger partial charge in [-0.05, 0) is 30.7 Å². The van der Waals surface area contributed by atoms with Crippen LogP contribution in [0, 0.1) is 6.92 Å². The summed E-state index contributed by atoms with van der Waals surface area (Å²) >= 11 is 0. The number of rotatable bonds is 3. The average molecular weight is 328 g/mol. The SMILES string of the molecule is Cc1ccccc1NC(=O)C[C@H]1C(=O)Nc2ccccc2[S@@]1=O. The van der Waals surface area contributed by atoms with Gasteiger partial charge in [-0.15, -0.1) is 0 Å². The maximum absolute atomic E-state index is 12.6. The highest BCUT2D eigenvalue weighted by atomic mass is 32.2. The molecule has 2 aromatic rings. The largest absolute Gasteiger partial charge is 0.326 e. The number of amides is 2. The van der Waals surface area contributed by atoms with Crippen LogP contribution in [0.15, 0.2) is 53.4 Å². The van der Waals surface area contributed by atoms with Crippen LogP contribution in [-0.4, -0.2) is 21.3 Å². The monoisotopic (exact) mass is 328 g/mol. The molecule has 0 aliphatic carbocycles. The molecular weight excluding hydrogens is 312 g/mol. The molecule has 0 bridgehead atoms. The highest BCUT2D eigenvalue weighted by Gasteiger charge is 2.34. The standard InChI is InChI=1S/C17H16N2O3S/c1-11-6-2-3-7-12(11)18-16(20)10-15-17(21)19-13-8-4-5-9-14(13)23(15)22/h2-9,15H,10H2,1H3,(H,18,20)(H,19,21)/t15-,23-/m0/s1. The van der Waals surface area contributed by atoms with Crippen LogP contribution in [0.2, 0.25) is 0 Å². The molecule has 2 aromatic carbocycles. The van der Waals surface area contributed by atoms with Gasteiger partial charge in [0.2, 0.25) is 11.8 Å². The molecule has 6 heteroatoms. The first kappa shape index (κ1) is 15.4. The number of nitrogens with one attached hydrogen (secondary N) is 2. The number of hydrogen-bond acceptors (Lipinski definition) is 3. The van der Waals surface area contributed by atoms with Crippen LogP contribution in [0.5, 0.6) is 0 Å². The quantitative estimate of drug-likeness (QED) is 0.909. The van der Waals surface area contributed by atoms with E-state index in [-0.39, 0.29) is 18.2 Å². The summed E-state index contributed by atoms with van der Waals surface area (Å²) in [5.41, 5.74) is 2.17. The number of hydrogen-bond donors (Lipinski definition) is 2. The van der Waals surface area contributed by atoms with Crippen LogP contribution in [0.1, 0.15) is 12.0 Å². The lowest BCUT2D eigenvalue weighted by atomic mass is 10.2. The molecule has 5 nitrogen and oxygen atoms in total. The molecule has 2 N–H and O–H groups in total. The zero-order valence-corrected chi connectivity index (χ0v) is 13.4. The summed E-state index contributed by atoms with van der Waals surface area (Å²) in [5.74, 6) is -0.714. The van der Waals surface area contributed by atoms with E-state index in [0.717, 1.165) is 5.56 Å². The summed E-state index contributed by atoms with van der Waals surface area (Å²) < 4.78 is 12.6. The Hall–Kier alpha value is -2.47. The second kappa shape index (κ2) is 6.34. The molecule has 1 aliphatic rings. The minimum atomic E-state index is -1.54. The van der Waals surface area contributed by atoms with Crippen molar-refractivity contribution in [2.45, 2.75) is 23.5 Å². The van der Waals surface area contributed by atoms with E-state index in [9.17, 15) is 13.8 Å². The predicted octanol–water partition coefficient (Wildman–Crippen LogP) is 2.45. The summed E-state index contributed by atoms with van der Waals surface area (Å²) in [6.45, 7) is 1.89. The Balaban J connectivity index is 1.75. The third kappa shape index (κ3) is 3.17. The fourth-order valence-electron chi connectivity index (χ4n) is 2.46. The molecule has 0 aromatic heterocycles. The van der Waals surface area contributed by atoms with Gasteiger partial charge in [0, 0.05) is 5.69 Å². The molecule has 0 radical (unpaired) electrons. The van der Waals surface area contributed by atoms with Crippen molar-refractivity contribution in [3.63, 3.8) is 0 Å². The van der Waals surface area contributed by atoms with Crippen molar-refractivity contribution >= 4 is 34.0 Å². The second-order valence-electron chi connectivity index (χ2n) is 5.34. The van der Waals surface area contributed by atoms with Crippen LogP contribution in [-0.2, 0) is 20.4 Å². The number of carbonyl (C=O) groups excluding carboxylic acids is 2. The summed E-state index contributed by atoms with van der Waals surface area (Å²) in [7, 11) is -1.54. The number of fused-ring (bicyclic) bond motifs is 1. The average Bonchev–Trinajstić information content (AvgIpc) is 2.54. The third-order valence-electron chi connectivity index (χ3n) is 3.70. The van der Waals surface area contributed by atoms with Gasteiger partial charge in [0.1, 0.15) is 5.25 Å². The van der Waals surface area contributed by atoms with E-state index in [2.05, 4.69) is 10.6 Å². The smallest absolute Gasteiger partial charge is 0.241 e. The number of carbonyl (C=O) groups is 2. The fraction of sp³-hybridized carbons (Fsp3) is 0.176. The van der Waals surface area contributed by atoms with Gasteiger partial charge in [0.05, 0.1) is 27.8 Å². The van der Waals surface area contributed by atoms with Gasteiger partial charge < -0.3 is 10.6 Å². The first-order valence-electron chi connectivity index (χ1n) is 7.22. The summed E-state index contributed by atoms with van der Waals surface area (Å²) in [5, 5.41) is 4.60. The van der Waals surface area contributed by atoms with Gasteiger partial charge in [-0.2, -0.15) is 0 Å². The Bertz CT molecular complexity index is 804. The molecule has 0 spiro atoms. The van der Waals surface area contributed by atoms with Crippen LogP contribution >= 0.6 is 0 Å². The maximum atomic E-state index is 12.6. The van der Waals surface area contributed by atoms with Gasteiger partial charge in [-0.3, -0.25) is 13.8 Å². The van der Waals surface area contributed by atoms with Gasteiger partial charge in [-0.1, -0.05) is 30.3 Å². The lowest BCUT2D eigenvalue weighted by molar-refractivity contribution is -0.120.